The zero-order chi connectivity index (χ0) is 13.9. The first-order chi connectivity index (χ1) is 9.74. The number of aromatic nitrogens is 1. The summed E-state index contributed by atoms with van der Waals surface area (Å²) >= 11 is 3.45. The van der Waals surface area contributed by atoms with E-state index < -0.39 is 6.10 Å². The Labute approximate surface area is 126 Å². The first-order valence-electron chi connectivity index (χ1n) is 6.50. The molecule has 0 aliphatic rings. The van der Waals surface area contributed by atoms with Gasteiger partial charge in [-0.25, -0.2) is 0 Å². The van der Waals surface area contributed by atoms with Crippen molar-refractivity contribution in [1.82, 2.24) is 4.98 Å². The van der Waals surface area contributed by atoms with Gasteiger partial charge in [-0.15, -0.1) is 0 Å². The van der Waals surface area contributed by atoms with Gasteiger partial charge < -0.3 is 5.11 Å². The van der Waals surface area contributed by atoms with Gasteiger partial charge in [0.25, 0.3) is 0 Å². The Balaban J connectivity index is 1.94. The Morgan fingerprint density at radius 3 is 2.75 bits per heavy atom. The number of aliphatic hydroxyl groups is 1. The predicted molar refractivity (Wildman–Crippen MR) is 84.5 cm³/mol. The van der Waals surface area contributed by atoms with Crippen molar-refractivity contribution in [3.63, 3.8) is 0 Å². The summed E-state index contributed by atoms with van der Waals surface area (Å²) in [6, 6.07) is 18.0. The molecule has 0 bridgehead atoms. The maximum Gasteiger partial charge on any atom is 0.101 e. The highest BCUT2D eigenvalue weighted by Gasteiger charge is 2.13. The molecule has 0 saturated heterocycles. The molecular formula is C17H14BrNO. The van der Waals surface area contributed by atoms with Crippen LogP contribution in [0.25, 0.3) is 10.8 Å². The number of fused-ring (bicyclic) bond motifs is 1. The monoisotopic (exact) mass is 327 g/mol. The normalized spacial score (nSPS) is 12.5. The van der Waals surface area contributed by atoms with Crippen LogP contribution in [-0.4, -0.2) is 10.1 Å². The topological polar surface area (TPSA) is 33.1 Å². The Morgan fingerprint density at radius 2 is 1.90 bits per heavy atom. The quantitative estimate of drug-likeness (QED) is 0.779. The molecule has 0 amide bonds. The maximum absolute atomic E-state index is 10.5. The van der Waals surface area contributed by atoms with Gasteiger partial charge >= 0.3 is 0 Å². The summed E-state index contributed by atoms with van der Waals surface area (Å²) in [5.41, 5.74) is 1.82. The molecule has 3 rings (SSSR count). The van der Waals surface area contributed by atoms with Crippen molar-refractivity contribution >= 4 is 26.7 Å². The van der Waals surface area contributed by atoms with E-state index in [4.69, 9.17) is 0 Å². The number of hydrogen-bond acceptors (Lipinski definition) is 2. The van der Waals surface area contributed by atoms with E-state index in [2.05, 4.69) is 20.9 Å². The molecule has 0 spiro atoms. The minimum absolute atomic E-state index is 0.556. The zero-order valence-corrected chi connectivity index (χ0v) is 12.4. The third-order valence-corrected chi connectivity index (χ3v) is 3.83. The highest BCUT2D eigenvalue weighted by Crippen LogP contribution is 2.25. The lowest BCUT2D eigenvalue weighted by Crippen LogP contribution is -2.05. The molecule has 1 atom stereocenters. The number of pyridine rings is 1. The SMILES string of the molecule is OC(Cc1cccc(Br)c1)c1nccc2ccccc12. The summed E-state index contributed by atoms with van der Waals surface area (Å²) in [5.74, 6) is 0. The summed E-state index contributed by atoms with van der Waals surface area (Å²) in [4.78, 5) is 4.36. The van der Waals surface area contributed by atoms with Gasteiger partial charge in [-0.3, -0.25) is 4.98 Å². The summed E-state index contributed by atoms with van der Waals surface area (Å²) < 4.78 is 1.02. The standard InChI is InChI=1S/C17H14BrNO/c18-14-6-3-4-12(10-14)11-16(20)17-15-7-2-1-5-13(15)8-9-19-17/h1-10,16,20H,11H2. The molecule has 2 aromatic carbocycles. The van der Waals surface area contributed by atoms with Crippen molar-refractivity contribution < 1.29 is 5.11 Å². The molecule has 0 aliphatic heterocycles. The van der Waals surface area contributed by atoms with Crippen molar-refractivity contribution in [2.75, 3.05) is 0 Å². The first kappa shape index (κ1) is 13.3. The summed E-state index contributed by atoms with van der Waals surface area (Å²) in [5, 5.41) is 12.6. The molecule has 0 aliphatic carbocycles. The molecule has 0 saturated carbocycles. The van der Waals surface area contributed by atoms with Crippen molar-refractivity contribution in [2.45, 2.75) is 12.5 Å². The van der Waals surface area contributed by atoms with Crippen LogP contribution in [-0.2, 0) is 6.42 Å². The molecule has 3 aromatic rings. The van der Waals surface area contributed by atoms with E-state index in [1.807, 2.05) is 54.6 Å². The Bertz CT molecular complexity index is 736. The van der Waals surface area contributed by atoms with Gasteiger partial charge in [0.05, 0.1) is 5.69 Å². The van der Waals surface area contributed by atoms with Gasteiger partial charge in [-0.1, -0.05) is 52.3 Å². The van der Waals surface area contributed by atoms with Crippen LogP contribution in [0.5, 0.6) is 0 Å². The molecule has 1 heterocycles. The lowest BCUT2D eigenvalue weighted by Gasteiger charge is -2.13. The van der Waals surface area contributed by atoms with Crippen molar-refractivity contribution in [3.05, 3.63) is 76.5 Å². The molecule has 0 fully saturated rings. The van der Waals surface area contributed by atoms with Crippen molar-refractivity contribution in [3.8, 4) is 0 Å². The average Bonchev–Trinajstić information content (AvgIpc) is 2.46. The zero-order valence-electron chi connectivity index (χ0n) is 10.8. The highest BCUT2D eigenvalue weighted by atomic mass is 79.9. The molecule has 3 heteroatoms. The minimum Gasteiger partial charge on any atom is -0.386 e. The molecule has 20 heavy (non-hydrogen) atoms. The second kappa shape index (κ2) is 5.73. The van der Waals surface area contributed by atoms with Crippen LogP contribution in [0.1, 0.15) is 17.4 Å². The number of nitrogens with zero attached hydrogens (tertiary/aromatic N) is 1. The minimum atomic E-state index is -0.601. The van der Waals surface area contributed by atoms with Gasteiger partial charge in [-0.05, 0) is 29.1 Å². The third-order valence-electron chi connectivity index (χ3n) is 3.34. The van der Waals surface area contributed by atoms with Crippen LogP contribution in [0.2, 0.25) is 0 Å². The van der Waals surface area contributed by atoms with E-state index in [0.29, 0.717) is 6.42 Å². The van der Waals surface area contributed by atoms with E-state index in [9.17, 15) is 5.11 Å². The fraction of sp³-hybridized carbons (Fsp3) is 0.118. The van der Waals surface area contributed by atoms with E-state index >= 15 is 0 Å². The van der Waals surface area contributed by atoms with Gasteiger partial charge in [0.1, 0.15) is 6.10 Å². The second-order valence-electron chi connectivity index (χ2n) is 4.77. The fourth-order valence-electron chi connectivity index (χ4n) is 2.39. The lowest BCUT2D eigenvalue weighted by molar-refractivity contribution is 0.175. The van der Waals surface area contributed by atoms with Gasteiger partial charge in [0.15, 0.2) is 0 Å². The molecule has 1 aromatic heterocycles. The smallest absolute Gasteiger partial charge is 0.101 e. The molecule has 1 N–H and O–H groups in total. The van der Waals surface area contributed by atoms with E-state index in [1.165, 1.54) is 0 Å². The van der Waals surface area contributed by atoms with E-state index in [0.717, 1.165) is 26.5 Å². The second-order valence-corrected chi connectivity index (χ2v) is 5.68. The highest BCUT2D eigenvalue weighted by molar-refractivity contribution is 9.10. The Hall–Kier alpha value is -1.71. The van der Waals surface area contributed by atoms with Crippen LogP contribution in [0.15, 0.2) is 65.3 Å². The summed E-state index contributed by atoms with van der Waals surface area (Å²) in [7, 11) is 0. The number of aliphatic hydroxyl groups excluding tert-OH is 1. The molecule has 1 unspecified atom stereocenters. The largest absolute Gasteiger partial charge is 0.386 e. The van der Waals surface area contributed by atoms with Gasteiger partial charge in [0.2, 0.25) is 0 Å². The Kier molecular flexibility index (Phi) is 3.81. The average molecular weight is 328 g/mol. The van der Waals surface area contributed by atoms with Crippen LogP contribution < -0.4 is 0 Å². The number of benzene rings is 2. The van der Waals surface area contributed by atoms with Gasteiger partial charge in [0, 0.05) is 22.5 Å². The van der Waals surface area contributed by atoms with Gasteiger partial charge in [-0.2, -0.15) is 0 Å². The van der Waals surface area contributed by atoms with Crippen molar-refractivity contribution in [2.24, 2.45) is 0 Å². The van der Waals surface area contributed by atoms with E-state index in [1.54, 1.807) is 6.20 Å². The van der Waals surface area contributed by atoms with Crippen LogP contribution in [0.3, 0.4) is 0 Å². The fourth-order valence-corrected chi connectivity index (χ4v) is 2.84. The molecule has 0 radical (unpaired) electrons. The lowest BCUT2D eigenvalue weighted by atomic mass is 10.0. The Morgan fingerprint density at radius 1 is 1.05 bits per heavy atom. The third kappa shape index (κ3) is 2.74. The van der Waals surface area contributed by atoms with E-state index in [-0.39, 0.29) is 0 Å². The maximum atomic E-state index is 10.5. The first-order valence-corrected chi connectivity index (χ1v) is 7.29. The van der Waals surface area contributed by atoms with Crippen LogP contribution >= 0.6 is 15.9 Å². The van der Waals surface area contributed by atoms with Crippen LogP contribution in [0.4, 0.5) is 0 Å². The number of hydrogen-bond donors (Lipinski definition) is 1. The predicted octanol–water partition coefficient (Wildman–Crippen LogP) is 4.27. The van der Waals surface area contributed by atoms with Crippen molar-refractivity contribution in [1.29, 1.82) is 0 Å². The molecular weight excluding hydrogens is 314 g/mol. The van der Waals surface area contributed by atoms with Crippen LogP contribution in [0, 0.1) is 0 Å². The summed E-state index contributed by atoms with van der Waals surface area (Å²) in [6.07, 6.45) is 1.71. The summed E-state index contributed by atoms with van der Waals surface area (Å²) in [6.45, 7) is 0. The number of halogens is 1. The molecule has 2 nitrogen and oxygen atoms in total. The molecule has 100 valence electrons. The number of rotatable bonds is 3.